The van der Waals surface area contributed by atoms with Gasteiger partial charge >= 0.3 is 5.97 Å². The Labute approximate surface area is 117 Å². The van der Waals surface area contributed by atoms with Crippen LogP contribution in [0.25, 0.3) is 0 Å². The van der Waals surface area contributed by atoms with E-state index in [0.29, 0.717) is 19.3 Å². The van der Waals surface area contributed by atoms with Crippen LogP contribution in [0.3, 0.4) is 0 Å². The number of sulfone groups is 1. The molecule has 2 aliphatic rings. The Bertz CT molecular complexity index is 635. The fourth-order valence-corrected chi connectivity index (χ4v) is 5.13. The maximum atomic E-state index is 11.5. The van der Waals surface area contributed by atoms with E-state index in [0.717, 1.165) is 24.5 Å². The lowest BCUT2D eigenvalue weighted by molar-refractivity contribution is -0.139. The molecule has 1 saturated heterocycles. The Morgan fingerprint density at radius 1 is 1.45 bits per heavy atom. The molecule has 0 aliphatic carbocycles. The summed E-state index contributed by atoms with van der Waals surface area (Å²) in [6, 6.07) is 0. The van der Waals surface area contributed by atoms with Crippen LogP contribution in [0.15, 0.2) is 6.20 Å². The van der Waals surface area contributed by atoms with Crippen LogP contribution in [0.5, 0.6) is 0 Å². The first kappa shape index (κ1) is 13.6. The Balaban J connectivity index is 1.81. The molecular formula is C13H18N2O4S. The largest absolute Gasteiger partial charge is 0.481 e. The van der Waals surface area contributed by atoms with E-state index in [1.165, 1.54) is 0 Å². The van der Waals surface area contributed by atoms with Crippen molar-refractivity contribution in [1.29, 1.82) is 0 Å². The summed E-state index contributed by atoms with van der Waals surface area (Å²) in [5, 5.41) is 9.23. The lowest BCUT2D eigenvalue weighted by Gasteiger charge is -2.22. The van der Waals surface area contributed by atoms with Crippen LogP contribution in [-0.2, 0) is 27.6 Å². The molecule has 0 amide bonds. The summed E-state index contributed by atoms with van der Waals surface area (Å²) in [6.45, 7) is 0.786. The fourth-order valence-electron chi connectivity index (χ4n) is 3.27. The molecule has 1 aromatic heterocycles. The average molecular weight is 298 g/mol. The number of fused-ring (bicyclic) bond motifs is 1. The van der Waals surface area contributed by atoms with Gasteiger partial charge in [0, 0.05) is 19.2 Å². The third-order valence-corrected chi connectivity index (χ3v) is 6.13. The summed E-state index contributed by atoms with van der Waals surface area (Å²) in [5.41, 5.74) is 0.764. The predicted molar refractivity (Wildman–Crippen MR) is 72.3 cm³/mol. The number of hydrogen-bond donors (Lipinski definition) is 1. The Kier molecular flexibility index (Phi) is 3.32. The molecule has 2 aliphatic heterocycles. The third-order valence-electron chi connectivity index (χ3n) is 4.30. The Hall–Kier alpha value is -1.37. The smallest absolute Gasteiger partial charge is 0.312 e. The number of carboxylic acids is 1. The number of aliphatic carboxylic acids is 1. The van der Waals surface area contributed by atoms with E-state index < -0.39 is 21.7 Å². The maximum Gasteiger partial charge on any atom is 0.312 e. The highest BCUT2D eigenvalue weighted by Crippen LogP contribution is 2.30. The zero-order chi connectivity index (χ0) is 14.3. The Morgan fingerprint density at radius 2 is 2.25 bits per heavy atom. The van der Waals surface area contributed by atoms with Gasteiger partial charge in [0.25, 0.3) is 0 Å². The second-order valence-corrected chi connectivity index (χ2v) is 7.99. The number of carboxylic acid groups (broad SMARTS) is 1. The van der Waals surface area contributed by atoms with Crippen LogP contribution >= 0.6 is 0 Å². The highest BCUT2D eigenvalue weighted by atomic mass is 32.2. The number of rotatable bonds is 3. The van der Waals surface area contributed by atoms with Gasteiger partial charge < -0.3 is 9.67 Å². The molecule has 1 N–H and O–H groups in total. The second kappa shape index (κ2) is 4.87. The van der Waals surface area contributed by atoms with Gasteiger partial charge in [-0.1, -0.05) is 0 Å². The fraction of sp³-hybridized carbons (Fsp3) is 0.692. The van der Waals surface area contributed by atoms with E-state index in [9.17, 15) is 18.3 Å². The first-order valence-electron chi connectivity index (χ1n) is 6.94. The van der Waals surface area contributed by atoms with Gasteiger partial charge in [0.05, 0.1) is 23.1 Å². The van der Waals surface area contributed by atoms with E-state index in [1.54, 1.807) is 6.20 Å². The van der Waals surface area contributed by atoms with Gasteiger partial charge in [-0.25, -0.2) is 13.4 Å². The highest BCUT2D eigenvalue weighted by Gasteiger charge is 2.32. The van der Waals surface area contributed by atoms with Crippen LogP contribution in [0, 0.1) is 5.92 Å². The molecule has 0 radical (unpaired) electrons. The quantitative estimate of drug-likeness (QED) is 0.892. The molecule has 0 spiro atoms. The molecule has 0 bridgehead atoms. The number of aromatic nitrogens is 2. The van der Waals surface area contributed by atoms with E-state index in [2.05, 4.69) is 4.98 Å². The van der Waals surface area contributed by atoms with Crippen molar-refractivity contribution in [3.05, 3.63) is 17.7 Å². The van der Waals surface area contributed by atoms with Gasteiger partial charge in [-0.05, 0) is 25.2 Å². The van der Waals surface area contributed by atoms with Gasteiger partial charge in [0.15, 0.2) is 9.84 Å². The van der Waals surface area contributed by atoms with Gasteiger partial charge in [-0.3, -0.25) is 4.79 Å². The lowest BCUT2D eigenvalue weighted by Crippen LogP contribution is -2.23. The average Bonchev–Trinajstić information content (AvgIpc) is 2.93. The van der Waals surface area contributed by atoms with Crippen molar-refractivity contribution < 1.29 is 18.3 Å². The van der Waals surface area contributed by atoms with Crippen molar-refractivity contribution in [2.24, 2.45) is 5.92 Å². The minimum Gasteiger partial charge on any atom is -0.481 e. The number of carbonyl (C=O) groups is 1. The third kappa shape index (κ3) is 2.46. The maximum absolute atomic E-state index is 11.5. The zero-order valence-electron chi connectivity index (χ0n) is 11.2. The summed E-state index contributed by atoms with van der Waals surface area (Å²) in [4.78, 5) is 15.6. The van der Waals surface area contributed by atoms with Gasteiger partial charge in [-0.2, -0.15) is 0 Å². The summed E-state index contributed by atoms with van der Waals surface area (Å²) in [6.07, 6.45) is 4.45. The topological polar surface area (TPSA) is 89.3 Å². The van der Waals surface area contributed by atoms with Crippen LogP contribution in [0.1, 0.15) is 36.7 Å². The summed E-state index contributed by atoms with van der Waals surface area (Å²) in [5.74, 6) is 0.184. The zero-order valence-corrected chi connectivity index (χ0v) is 12.0. The van der Waals surface area contributed by atoms with Crippen molar-refractivity contribution in [3.63, 3.8) is 0 Å². The Morgan fingerprint density at radius 3 is 2.90 bits per heavy atom. The van der Waals surface area contributed by atoms with Crippen molar-refractivity contribution in [1.82, 2.24) is 9.55 Å². The van der Waals surface area contributed by atoms with E-state index >= 15 is 0 Å². The monoisotopic (exact) mass is 298 g/mol. The minimum absolute atomic E-state index is 0.122. The summed E-state index contributed by atoms with van der Waals surface area (Å²) in [7, 11) is -2.88. The van der Waals surface area contributed by atoms with Crippen molar-refractivity contribution in [2.45, 2.75) is 38.1 Å². The predicted octanol–water partition coefficient (Wildman–Crippen LogP) is 0.822. The van der Waals surface area contributed by atoms with E-state index in [1.807, 2.05) is 4.57 Å². The first-order chi connectivity index (χ1) is 9.46. The molecule has 0 aromatic carbocycles. The van der Waals surface area contributed by atoms with Gasteiger partial charge in [0.1, 0.15) is 5.82 Å². The van der Waals surface area contributed by atoms with Crippen LogP contribution in [-0.4, -0.2) is 40.6 Å². The van der Waals surface area contributed by atoms with E-state index in [-0.39, 0.29) is 17.4 Å². The molecule has 3 heterocycles. The molecule has 20 heavy (non-hydrogen) atoms. The molecule has 1 fully saturated rings. The molecule has 7 heteroatoms. The molecule has 0 saturated carbocycles. The van der Waals surface area contributed by atoms with Crippen molar-refractivity contribution >= 4 is 15.8 Å². The lowest BCUT2D eigenvalue weighted by atomic mass is 9.96. The summed E-state index contributed by atoms with van der Waals surface area (Å²) < 4.78 is 25.0. The first-order valence-corrected chi connectivity index (χ1v) is 8.76. The van der Waals surface area contributed by atoms with Gasteiger partial charge in [0.2, 0.25) is 0 Å². The van der Waals surface area contributed by atoms with Crippen LogP contribution in [0.4, 0.5) is 0 Å². The number of nitrogens with zero attached hydrogens (tertiary/aromatic N) is 2. The molecule has 6 nitrogen and oxygen atoms in total. The standard InChI is InChI=1S/C13H18N2O4S/c16-13(17)10-2-1-4-15-11(10)7-14-12(15)6-9-3-5-20(18,19)8-9/h7,9-10H,1-6,8H2,(H,16,17). The van der Waals surface area contributed by atoms with Crippen molar-refractivity contribution in [2.75, 3.05) is 11.5 Å². The molecule has 110 valence electrons. The SMILES string of the molecule is O=C(O)C1CCCn2c1cnc2CC1CCS(=O)(=O)C1. The van der Waals surface area contributed by atoms with Crippen LogP contribution in [0.2, 0.25) is 0 Å². The van der Waals surface area contributed by atoms with Crippen LogP contribution < -0.4 is 0 Å². The minimum atomic E-state index is -2.88. The second-order valence-electron chi connectivity index (χ2n) is 5.76. The number of hydrogen-bond acceptors (Lipinski definition) is 4. The number of imidazole rings is 1. The normalized spacial score (nSPS) is 28.2. The molecular weight excluding hydrogens is 280 g/mol. The van der Waals surface area contributed by atoms with Gasteiger partial charge in [-0.15, -0.1) is 0 Å². The highest BCUT2D eigenvalue weighted by molar-refractivity contribution is 7.91. The molecule has 3 rings (SSSR count). The van der Waals surface area contributed by atoms with E-state index in [4.69, 9.17) is 0 Å². The molecule has 2 unspecified atom stereocenters. The molecule has 2 atom stereocenters. The summed E-state index contributed by atoms with van der Waals surface area (Å²) >= 11 is 0. The van der Waals surface area contributed by atoms with Crippen molar-refractivity contribution in [3.8, 4) is 0 Å². The molecule has 1 aromatic rings.